The van der Waals surface area contributed by atoms with Gasteiger partial charge in [0.1, 0.15) is 18.2 Å². The van der Waals surface area contributed by atoms with Crippen LogP contribution < -0.4 is 4.74 Å². The fourth-order valence-electron chi connectivity index (χ4n) is 1.49. The number of hydrogen-bond donors (Lipinski definition) is 0. The van der Waals surface area contributed by atoms with Crippen LogP contribution in [0.25, 0.3) is 0 Å². The van der Waals surface area contributed by atoms with Gasteiger partial charge in [-0.25, -0.2) is 12.8 Å². The Morgan fingerprint density at radius 1 is 1.11 bits per heavy atom. The van der Waals surface area contributed by atoms with Crippen LogP contribution in [0.15, 0.2) is 53.4 Å². The van der Waals surface area contributed by atoms with Crippen molar-refractivity contribution < 1.29 is 17.5 Å². The number of ether oxygens (including phenoxy) is 1. The molecule has 19 heavy (non-hydrogen) atoms. The molecule has 0 radical (unpaired) electrons. The minimum Gasteiger partial charge on any atom is -0.489 e. The molecule has 0 aliphatic carbocycles. The van der Waals surface area contributed by atoms with Gasteiger partial charge in [0.15, 0.2) is 0 Å². The second kappa shape index (κ2) is 5.59. The van der Waals surface area contributed by atoms with E-state index in [-0.39, 0.29) is 17.3 Å². The summed E-state index contributed by atoms with van der Waals surface area (Å²) < 4.78 is 40.4. The second-order valence-corrected chi connectivity index (χ2v) is 6.39. The van der Waals surface area contributed by atoms with Crippen molar-refractivity contribution in [2.24, 2.45) is 0 Å². The van der Waals surface area contributed by atoms with Crippen molar-refractivity contribution in [3.05, 3.63) is 59.9 Å². The molecule has 0 heterocycles. The Balaban J connectivity index is 2.05. The molecule has 0 amide bonds. The maximum absolute atomic E-state index is 12.9. The van der Waals surface area contributed by atoms with E-state index < -0.39 is 9.05 Å². The number of hydrogen-bond acceptors (Lipinski definition) is 3. The lowest BCUT2D eigenvalue weighted by atomic mass is 10.2. The molecule has 0 atom stereocenters. The van der Waals surface area contributed by atoms with Crippen LogP contribution >= 0.6 is 10.7 Å². The van der Waals surface area contributed by atoms with Crippen LogP contribution in [0.4, 0.5) is 4.39 Å². The van der Waals surface area contributed by atoms with E-state index in [0.717, 1.165) is 0 Å². The van der Waals surface area contributed by atoms with Crippen molar-refractivity contribution in [1.29, 1.82) is 0 Å². The molecular formula is C13H10ClFO3S. The highest BCUT2D eigenvalue weighted by atomic mass is 35.7. The van der Waals surface area contributed by atoms with Crippen LogP contribution in [0.1, 0.15) is 5.56 Å². The predicted octanol–water partition coefficient (Wildman–Crippen LogP) is 3.33. The van der Waals surface area contributed by atoms with E-state index in [1.807, 2.05) is 0 Å². The van der Waals surface area contributed by atoms with Crippen molar-refractivity contribution in [1.82, 2.24) is 0 Å². The molecule has 0 spiro atoms. The first-order chi connectivity index (χ1) is 8.95. The van der Waals surface area contributed by atoms with Gasteiger partial charge in [0.05, 0.1) is 4.90 Å². The van der Waals surface area contributed by atoms with Gasteiger partial charge < -0.3 is 4.74 Å². The monoisotopic (exact) mass is 300 g/mol. The predicted molar refractivity (Wildman–Crippen MR) is 70.2 cm³/mol. The highest BCUT2D eigenvalue weighted by Gasteiger charge is 2.09. The van der Waals surface area contributed by atoms with Crippen LogP contribution in [-0.2, 0) is 15.7 Å². The van der Waals surface area contributed by atoms with Crippen LogP contribution in [0.5, 0.6) is 5.75 Å². The van der Waals surface area contributed by atoms with Crippen LogP contribution in [0.2, 0.25) is 0 Å². The third-order valence-electron chi connectivity index (χ3n) is 2.40. The molecule has 3 nitrogen and oxygen atoms in total. The van der Waals surface area contributed by atoms with Crippen LogP contribution in [0, 0.1) is 5.82 Å². The summed E-state index contributed by atoms with van der Waals surface area (Å²) in [5, 5.41) is 0. The molecule has 0 N–H and O–H groups in total. The van der Waals surface area contributed by atoms with Crippen molar-refractivity contribution >= 4 is 19.7 Å². The number of halogens is 2. The van der Waals surface area contributed by atoms with E-state index in [2.05, 4.69) is 0 Å². The van der Waals surface area contributed by atoms with Gasteiger partial charge in [0.25, 0.3) is 9.05 Å². The van der Waals surface area contributed by atoms with E-state index in [0.29, 0.717) is 11.3 Å². The third-order valence-corrected chi connectivity index (χ3v) is 3.77. The quantitative estimate of drug-likeness (QED) is 0.814. The summed E-state index contributed by atoms with van der Waals surface area (Å²) in [6.45, 7) is 0.199. The molecule has 0 fully saturated rings. The molecule has 0 saturated heterocycles. The van der Waals surface area contributed by atoms with Crippen molar-refractivity contribution in [2.75, 3.05) is 0 Å². The van der Waals surface area contributed by atoms with E-state index in [9.17, 15) is 12.8 Å². The highest BCUT2D eigenvalue weighted by molar-refractivity contribution is 8.13. The fraction of sp³-hybridized carbons (Fsp3) is 0.0769. The summed E-state index contributed by atoms with van der Waals surface area (Å²) in [6.07, 6.45) is 0. The molecule has 6 heteroatoms. The summed E-state index contributed by atoms with van der Waals surface area (Å²) in [5.74, 6) is 0.151. The summed E-state index contributed by atoms with van der Waals surface area (Å²) in [7, 11) is 1.47. The van der Waals surface area contributed by atoms with Gasteiger partial charge in [-0.2, -0.15) is 0 Å². The van der Waals surface area contributed by atoms with E-state index >= 15 is 0 Å². The zero-order valence-corrected chi connectivity index (χ0v) is 11.3. The van der Waals surface area contributed by atoms with Gasteiger partial charge in [-0.15, -0.1) is 0 Å². The first-order valence-electron chi connectivity index (χ1n) is 5.37. The first-order valence-corrected chi connectivity index (χ1v) is 7.68. The highest BCUT2D eigenvalue weighted by Crippen LogP contribution is 2.19. The molecule has 100 valence electrons. The zero-order chi connectivity index (χ0) is 13.9. The van der Waals surface area contributed by atoms with Crippen molar-refractivity contribution in [2.45, 2.75) is 11.5 Å². The van der Waals surface area contributed by atoms with E-state index in [4.69, 9.17) is 15.4 Å². The summed E-state index contributed by atoms with van der Waals surface area (Å²) in [6, 6.07) is 11.7. The van der Waals surface area contributed by atoms with Crippen LogP contribution in [0.3, 0.4) is 0 Å². The zero-order valence-electron chi connectivity index (χ0n) is 9.71. The minimum atomic E-state index is -3.73. The molecule has 0 aliphatic rings. The minimum absolute atomic E-state index is 0.00673. The average Bonchev–Trinajstić information content (AvgIpc) is 2.36. The van der Waals surface area contributed by atoms with Gasteiger partial charge in [0, 0.05) is 10.7 Å². The summed E-state index contributed by atoms with van der Waals surface area (Å²) >= 11 is 0. The van der Waals surface area contributed by atoms with Gasteiger partial charge in [-0.05, 0) is 42.0 Å². The lowest BCUT2D eigenvalue weighted by Crippen LogP contribution is -1.96. The van der Waals surface area contributed by atoms with Crippen LogP contribution in [-0.4, -0.2) is 8.42 Å². The molecule has 0 aromatic heterocycles. The molecule has 0 aliphatic heterocycles. The van der Waals surface area contributed by atoms with Gasteiger partial charge in [-0.3, -0.25) is 0 Å². The maximum atomic E-state index is 12.9. The third kappa shape index (κ3) is 3.94. The lowest BCUT2D eigenvalue weighted by molar-refractivity contribution is 0.305. The van der Waals surface area contributed by atoms with Gasteiger partial charge >= 0.3 is 0 Å². The number of benzene rings is 2. The molecule has 0 unspecified atom stereocenters. The average molecular weight is 301 g/mol. The Morgan fingerprint density at radius 3 is 2.37 bits per heavy atom. The summed E-state index contributed by atoms with van der Waals surface area (Å²) in [5.41, 5.74) is 0.689. The Morgan fingerprint density at radius 2 is 1.79 bits per heavy atom. The van der Waals surface area contributed by atoms with E-state index in [1.165, 1.54) is 36.4 Å². The topological polar surface area (TPSA) is 43.4 Å². The first kappa shape index (κ1) is 13.8. The molecule has 2 rings (SSSR count). The Bertz CT molecular complexity index is 669. The molecule has 0 bridgehead atoms. The Kier molecular flexibility index (Phi) is 4.07. The SMILES string of the molecule is O=S(=O)(Cl)c1ccc(OCc2cccc(F)c2)cc1. The molecule has 2 aromatic rings. The molecule has 0 saturated carbocycles. The van der Waals surface area contributed by atoms with Crippen molar-refractivity contribution in [3.8, 4) is 5.75 Å². The Labute approximate surface area is 115 Å². The van der Waals surface area contributed by atoms with Gasteiger partial charge in [0.2, 0.25) is 0 Å². The van der Waals surface area contributed by atoms with E-state index in [1.54, 1.807) is 12.1 Å². The molecule has 2 aromatic carbocycles. The smallest absolute Gasteiger partial charge is 0.261 e. The Hall–Kier alpha value is -1.59. The van der Waals surface area contributed by atoms with Crippen molar-refractivity contribution in [3.63, 3.8) is 0 Å². The maximum Gasteiger partial charge on any atom is 0.261 e. The lowest BCUT2D eigenvalue weighted by Gasteiger charge is -2.06. The summed E-state index contributed by atoms with van der Waals surface area (Å²) in [4.78, 5) is 0.00673. The van der Waals surface area contributed by atoms with Gasteiger partial charge in [-0.1, -0.05) is 12.1 Å². The number of rotatable bonds is 4. The largest absolute Gasteiger partial charge is 0.489 e. The molecular weight excluding hydrogens is 291 g/mol. The fourth-order valence-corrected chi connectivity index (χ4v) is 2.26. The second-order valence-electron chi connectivity index (χ2n) is 3.83. The standard InChI is InChI=1S/C13H10ClFO3S/c14-19(16,17)13-6-4-12(5-7-13)18-9-10-2-1-3-11(15)8-10/h1-8H,9H2. The normalized spacial score (nSPS) is 11.3.